The molecule has 1 aliphatic rings. The van der Waals surface area contributed by atoms with Gasteiger partial charge in [0.05, 0.1) is 31.1 Å². The van der Waals surface area contributed by atoms with Crippen molar-refractivity contribution >= 4 is 32.5 Å². The Hall–Kier alpha value is -3.37. The maximum atomic E-state index is 13.1. The SMILES string of the molecule is COc1cc2c(oc(=O)c3cc(C)cc(OC)c32)c2c([C@H]3O[C@H](C)[C@H](O)[C@H](O)[C@H]3O)ccc(O)c12. The van der Waals surface area contributed by atoms with Gasteiger partial charge in [0.2, 0.25) is 0 Å². The van der Waals surface area contributed by atoms with Crippen LogP contribution in [0, 0.1) is 6.92 Å². The number of phenols is 1. The van der Waals surface area contributed by atoms with Crippen LogP contribution in [0.5, 0.6) is 17.2 Å². The van der Waals surface area contributed by atoms with E-state index in [4.69, 9.17) is 18.6 Å². The molecule has 1 aromatic heterocycles. The smallest absolute Gasteiger partial charge is 0.344 e. The first-order valence-corrected chi connectivity index (χ1v) is 11.1. The Bertz CT molecular complexity index is 1520. The summed E-state index contributed by atoms with van der Waals surface area (Å²) in [6.45, 7) is 3.42. The van der Waals surface area contributed by atoms with Gasteiger partial charge in [-0.05, 0) is 49.2 Å². The van der Waals surface area contributed by atoms with Crippen LogP contribution in [0.25, 0.3) is 32.5 Å². The Kier molecular flexibility index (Phi) is 5.60. The van der Waals surface area contributed by atoms with Crippen LogP contribution in [0.15, 0.2) is 39.5 Å². The molecule has 184 valence electrons. The fourth-order valence-electron chi connectivity index (χ4n) is 5.00. The van der Waals surface area contributed by atoms with E-state index in [0.29, 0.717) is 33.2 Å². The van der Waals surface area contributed by atoms with Gasteiger partial charge in [0.1, 0.15) is 47.2 Å². The second kappa shape index (κ2) is 8.39. The first-order chi connectivity index (χ1) is 16.7. The van der Waals surface area contributed by atoms with Crippen LogP contribution in [0.2, 0.25) is 0 Å². The highest BCUT2D eigenvalue weighted by Gasteiger charge is 2.43. The van der Waals surface area contributed by atoms with E-state index in [2.05, 4.69) is 0 Å². The van der Waals surface area contributed by atoms with Crippen LogP contribution >= 0.6 is 0 Å². The quantitative estimate of drug-likeness (QED) is 0.256. The van der Waals surface area contributed by atoms with Gasteiger partial charge in [-0.15, -0.1) is 0 Å². The van der Waals surface area contributed by atoms with E-state index < -0.39 is 36.1 Å². The summed E-state index contributed by atoms with van der Waals surface area (Å²) in [6.07, 6.45) is -6.14. The number of phenolic OH excluding ortho intramolecular Hbond substituents is 1. The van der Waals surface area contributed by atoms with Crippen molar-refractivity contribution in [3.05, 3.63) is 51.9 Å². The van der Waals surface area contributed by atoms with Gasteiger partial charge in [-0.3, -0.25) is 0 Å². The molecule has 4 N–H and O–H groups in total. The number of aliphatic hydroxyl groups excluding tert-OH is 3. The highest BCUT2D eigenvalue weighted by atomic mass is 16.5. The van der Waals surface area contributed by atoms with Crippen LogP contribution in [0.4, 0.5) is 0 Å². The lowest BCUT2D eigenvalue weighted by molar-refractivity contribution is -0.219. The third-order valence-corrected chi connectivity index (χ3v) is 6.74. The normalized spacial score (nSPS) is 24.8. The number of methoxy groups -OCH3 is 2. The Morgan fingerprint density at radius 1 is 0.857 bits per heavy atom. The minimum atomic E-state index is -1.49. The molecule has 0 unspecified atom stereocenters. The maximum absolute atomic E-state index is 13.1. The summed E-state index contributed by atoms with van der Waals surface area (Å²) in [4.78, 5) is 13.1. The summed E-state index contributed by atoms with van der Waals surface area (Å²) in [7, 11) is 2.95. The Morgan fingerprint density at radius 3 is 2.23 bits per heavy atom. The number of fused-ring (bicyclic) bond motifs is 5. The number of hydrogen-bond acceptors (Lipinski definition) is 9. The van der Waals surface area contributed by atoms with E-state index in [1.54, 1.807) is 25.1 Å². The third-order valence-electron chi connectivity index (χ3n) is 6.74. The van der Waals surface area contributed by atoms with Crippen molar-refractivity contribution in [1.82, 2.24) is 0 Å². The summed E-state index contributed by atoms with van der Waals surface area (Å²) >= 11 is 0. The molecule has 9 nitrogen and oxygen atoms in total. The molecule has 1 saturated heterocycles. The molecular weight excluding hydrogens is 456 g/mol. The van der Waals surface area contributed by atoms with Crippen LogP contribution in [-0.4, -0.2) is 59.1 Å². The number of aliphatic hydroxyl groups is 3. The molecule has 0 amide bonds. The lowest BCUT2D eigenvalue weighted by Gasteiger charge is -2.40. The van der Waals surface area contributed by atoms with Crippen molar-refractivity contribution in [2.24, 2.45) is 0 Å². The molecule has 5 rings (SSSR count). The van der Waals surface area contributed by atoms with Crippen molar-refractivity contribution in [2.45, 2.75) is 44.4 Å². The second-order valence-electron chi connectivity index (χ2n) is 8.89. The molecule has 35 heavy (non-hydrogen) atoms. The van der Waals surface area contributed by atoms with E-state index in [9.17, 15) is 25.2 Å². The highest BCUT2D eigenvalue weighted by molar-refractivity contribution is 6.19. The van der Waals surface area contributed by atoms with E-state index in [1.807, 2.05) is 6.92 Å². The second-order valence-corrected chi connectivity index (χ2v) is 8.89. The fraction of sp³-hybridized carbons (Fsp3) is 0.346. The molecule has 0 aliphatic carbocycles. The third kappa shape index (κ3) is 3.42. The first-order valence-electron chi connectivity index (χ1n) is 11.1. The molecule has 3 aromatic carbocycles. The first kappa shape index (κ1) is 23.4. The van der Waals surface area contributed by atoms with Gasteiger partial charge in [0, 0.05) is 16.2 Å². The molecule has 9 heteroatoms. The molecule has 0 radical (unpaired) electrons. The summed E-state index contributed by atoms with van der Waals surface area (Å²) in [5, 5.41) is 44.0. The lowest BCUT2D eigenvalue weighted by Crippen LogP contribution is -2.53. The average molecular weight is 482 g/mol. The van der Waals surface area contributed by atoms with E-state index in [1.165, 1.54) is 26.4 Å². The molecule has 0 spiro atoms. The van der Waals surface area contributed by atoms with Gasteiger partial charge >= 0.3 is 5.63 Å². The number of aromatic hydroxyl groups is 1. The van der Waals surface area contributed by atoms with Gasteiger partial charge < -0.3 is 39.1 Å². The lowest BCUT2D eigenvalue weighted by atomic mass is 9.88. The Labute approximate surface area is 199 Å². The van der Waals surface area contributed by atoms with Gasteiger partial charge in [-0.1, -0.05) is 6.07 Å². The Morgan fingerprint density at radius 2 is 1.54 bits per heavy atom. The highest BCUT2D eigenvalue weighted by Crippen LogP contribution is 2.46. The van der Waals surface area contributed by atoms with Crippen LogP contribution in [0.1, 0.15) is 24.2 Å². The van der Waals surface area contributed by atoms with Crippen molar-refractivity contribution in [1.29, 1.82) is 0 Å². The van der Waals surface area contributed by atoms with Crippen LogP contribution < -0.4 is 15.1 Å². The van der Waals surface area contributed by atoms with Crippen molar-refractivity contribution in [3.63, 3.8) is 0 Å². The van der Waals surface area contributed by atoms with Gasteiger partial charge in [0.25, 0.3) is 0 Å². The fourth-order valence-corrected chi connectivity index (χ4v) is 5.00. The van der Waals surface area contributed by atoms with Gasteiger partial charge in [-0.25, -0.2) is 4.79 Å². The molecular formula is C26H26O9. The summed E-state index contributed by atoms with van der Waals surface area (Å²) in [6, 6.07) is 8.10. The summed E-state index contributed by atoms with van der Waals surface area (Å²) in [5.41, 5.74) is 0.688. The number of aryl methyl sites for hydroxylation is 1. The van der Waals surface area contributed by atoms with Crippen molar-refractivity contribution < 1.29 is 39.1 Å². The predicted molar refractivity (Wildman–Crippen MR) is 128 cm³/mol. The van der Waals surface area contributed by atoms with Crippen LogP contribution in [0.3, 0.4) is 0 Å². The topological polar surface area (TPSA) is 139 Å². The zero-order chi connectivity index (χ0) is 25.2. The molecule has 5 atom stereocenters. The number of rotatable bonds is 3. The minimum Gasteiger partial charge on any atom is -0.507 e. The average Bonchev–Trinajstić information content (AvgIpc) is 2.84. The molecule has 1 aliphatic heterocycles. The summed E-state index contributed by atoms with van der Waals surface area (Å²) in [5.74, 6) is 0.616. The number of benzene rings is 3. The van der Waals surface area contributed by atoms with E-state index in [0.717, 1.165) is 5.56 Å². The Balaban J connectivity index is 1.97. The monoisotopic (exact) mass is 482 g/mol. The van der Waals surface area contributed by atoms with Crippen LogP contribution in [-0.2, 0) is 4.74 Å². The van der Waals surface area contributed by atoms with E-state index >= 15 is 0 Å². The predicted octanol–water partition coefficient (Wildman–Crippen LogP) is 2.67. The van der Waals surface area contributed by atoms with Crippen molar-refractivity contribution in [2.75, 3.05) is 14.2 Å². The van der Waals surface area contributed by atoms with E-state index in [-0.39, 0.29) is 22.1 Å². The summed E-state index contributed by atoms with van der Waals surface area (Å²) < 4.78 is 22.9. The zero-order valence-electron chi connectivity index (χ0n) is 19.6. The largest absolute Gasteiger partial charge is 0.507 e. The zero-order valence-corrected chi connectivity index (χ0v) is 19.6. The molecule has 4 aromatic rings. The van der Waals surface area contributed by atoms with Gasteiger partial charge in [0.15, 0.2) is 0 Å². The number of hydrogen-bond donors (Lipinski definition) is 4. The van der Waals surface area contributed by atoms with Crippen molar-refractivity contribution in [3.8, 4) is 17.2 Å². The molecule has 0 saturated carbocycles. The minimum absolute atomic E-state index is 0.135. The maximum Gasteiger partial charge on any atom is 0.344 e. The van der Waals surface area contributed by atoms with Gasteiger partial charge in [-0.2, -0.15) is 0 Å². The molecule has 0 bridgehead atoms. The standard InChI is InChI=1S/C26H26O9/c1-10-7-14-18(16(8-10)32-3)13-9-17(33-4)20-15(27)6-5-12(19(20)24(13)35-26(14)31)25-23(30)22(29)21(28)11(2)34-25/h5-9,11,21-23,25,27-30H,1-4H3/t11-,21+,22+,23-,25-/m1/s1. The molecule has 1 fully saturated rings. The molecule has 2 heterocycles. The number of ether oxygens (including phenoxy) is 3.